The summed E-state index contributed by atoms with van der Waals surface area (Å²) in [6, 6.07) is 11.0. The van der Waals surface area contributed by atoms with Gasteiger partial charge >= 0.3 is 12.3 Å². The van der Waals surface area contributed by atoms with Crippen LogP contribution in [0.3, 0.4) is 0 Å². The van der Waals surface area contributed by atoms with E-state index in [1.54, 1.807) is 4.90 Å². The molecule has 0 bridgehead atoms. The zero-order valence-electron chi connectivity index (χ0n) is 23.6. The fourth-order valence-corrected chi connectivity index (χ4v) is 5.40. The molecule has 3 aliphatic rings. The normalized spacial score (nSPS) is 17.0. The minimum absolute atomic E-state index is 0.0165. The maximum Gasteiger partial charge on any atom is 0.419 e. The van der Waals surface area contributed by atoms with Gasteiger partial charge in [-0.15, -0.1) is 0 Å². The molecule has 12 heteroatoms. The summed E-state index contributed by atoms with van der Waals surface area (Å²) in [6.45, 7) is 2.67. The highest BCUT2D eigenvalue weighted by Gasteiger charge is 2.36. The molecule has 1 saturated heterocycles. The summed E-state index contributed by atoms with van der Waals surface area (Å²) in [5.41, 5.74) is 3.50. The summed E-state index contributed by atoms with van der Waals surface area (Å²) in [4.78, 5) is 27.3. The van der Waals surface area contributed by atoms with Crippen molar-refractivity contribution in [2.24, 2.45) is 0 Å². The van der Waals surface area contributed by atoms with E-state index < -0.39 is 17.8 Å². The van der Waals surface area contributed by atoms with E-state index >= 15 is 0 Å². The number of anilines is 4. The van der Waals surface area contributed by atoms with Gasteiger partial charge in [0, 0.05) is 57.1 Å². The van der Waals surface area contributed by atoms with Crippen LogP contribution in [0.15, 0.2) is 42.6 Å². The SMILES string of the molecule is CNC(=O)O.FC(F)(F)c1cccnc1N1CCc2nc(N3CCCCC3)nc(Nc3ccc(C4CC4)cc3)c2CC1. The molecule has 224 valence electrons. The predicted octanol–water partition coefficient (Wildman–Crippen LogP) is 5.99. The topological polar surface area (TPSA) is 107 Å². The Bertz CT molecular complexity index is 1370. The van der Waals surface area contributed by atoms with Gasteiger partial charge in [-0.05, 0) is 74.3 Å². The van der Waals surface area contributed by atoms with Crippen LogP contribution in [0.5, 0.6) is 0 Å². The molecule has 42 heavy (non-hydrogen) atoms. The van der Waals surface area contributed by atoms with Crippen LogP contribution in [0.2, 0.25) is 0 Å². The molecule has 6 rings (SSSR count). The van der Waals surface area contributed by atoms with Crippen molar-refractivity contribution < 1.29 is 23.1 Å². The maximum absolute atomic E-state index is 13.7. The summed E-state index contributed by atoms with van der Waals surface area (Å²) in [7, 11) is 1.35. The monoisotopic (exact) mass is 583 g/mol. The van der Waals surface area contributed by atoms with Crippen LogP contribution in [0.1, 0.15) is 60.4 Å². The molecule has 0 radical (unpaired) electrons. The standard InChI is InChI=1S/C28H31F3N6.C2H5NO2/c29-28(30,31)23-5-4-14-32-26(23)36-17-12-22-24(13-18-36)34-27(37-15-2-1-3-16-37)35-25(22)33-21-10-8-20(9-11-21)19-6-7-19;1-3-2(4)5/h4-5,8-11,14,19H,1-3,6-7,12-13,15-18H2,(H,33,34,35);3H,1H3,(H,4,5). The number of hydrogen-bond acceptors (Lipinski definition) is 7. The Labute approximate surface area is 243 Å². The van der Waals surface area contributed by atoms with E-state index in [1.807, 2.05) is 5.32 Å². The second-order valence-corrected chi connectivity index (χ2v) is 10.8. The molecule has 2 aromatic heterocycles. The third-order valence-electron chi connectivity index (χ3n) is 7.80. The van der Waals surface area contributed by atoms with Gasteiger partial charge in [-0.2, -0.15) is 18.2 Å². The molecule has 2 aliphatic heterocycles. The molecule has 0 spiro atoms. The van der Waals surface area contributed by atoms with Gasteiger partial charge in [0.2, 0.25) is 5.95 Å². The van der Waals surface area contributed by atoms with Crippen LogP contribution < -0.4 is 20.4 Å². The number of rotatable bonds is 5. The van der Waals surface area contributed by atoms with Crippen LogP contribution in [0, 0.1) is 0 Å². The lowest BCUT2D eigenvalue weighted by atomic mass is 10.1. The molecule has 3 N–H and O–H groups in total. The first kappa shape index (κ1) is 29.4. The van der Waals surface area contributed by atoms with Crippen LogP contribution in [-0.2, 0) is 19.0 Å². The summed E-state index contributed by atoms with van der Waals surface area (Å²) in [6.07, 6.45) is 2.99. The second-order valence-electron chi connectivity index (χ2n) is 10.8. The molecule has 3 aromatic rings. The Morgan fingerprint density at radius 3 is 2.29 bits per heavy atom. The molecule has 4 heterocycles. The molecule has 0 unspecified atom stereocenters. The van der Waals surface area contributed by atoms with Crippen LogP contribution in [0.4, 0.5) is 41.2 Å². The van der Waals surface area contributed by atoms with Gasteiger partial charge in [-0.25, -0.2) is 14.8 Å². The average molecular weight is 584 g/mol. The lowest BCUT2D eigenvalue weighted by molar-refractivity contribution is -0.137. The van der Waals surface area contributed by atoms with Crippen molar-refractivity contribution in [2.75, 3.05) is 48.3 Å². The lowest BCUT2D eigenvalue weighted by Gasteiger charge is -2.28. The Morgan fingerprint density at radius 1 is 0.952 bits per heavy atom. The zero-order valence-corrected chi connectivity index (χ0v) is 23.6. The summed E-state index contributed by atoms with van der Waals surface area (Å²) < 4.78 is 41.1. The third-order valence-corrected chi connectivity index (χ3v) is 7.80. The fourth-order valence-electron chi connectivity index (χ4n) is 5.40. The van der Waals surface area contributed by atoms with Gasteiger partial charge < -0.3 is 25.5 Å². The van der Waals surface area contributed by atoms with Crippen molar-refractivity contribution in [3.05, 3.63) is 65.0 Å². The Hall–Kier alpha value is -4.09. The van der Waals surface area contributed by atoms with Crippen LogP contribution >= 0.6 is 0 Å². The number of piperidine rings is 1. The number of carboxylic acid groups (broad SMARTS) is 1. The highest BCUT2D eigenvalue weighted by molar-refractivity contribution is 5.64. The molecule has 1 amide bonds. The van der Waals surface area contributed by atoms with Gasteiger partial charge in [0.15, 0.2) is 0 Å². The van der Waals surface area contributed by atoms with Crippen molar-refractivity contribution in [3.63, 3.8) is 0 Å². The van der Waals surface area contributed by atoms with Gasteiger partial charge in [0.25, 0.3) is 0 Å². The smallest absolute Gasteiger partial charge is 0.419 e. The number of alkyl halides is 3. The molecule has 1 aromatic carbocycles. The first-order chi connectivity index (χ1) is 20.2. The quantitative estimate of drug-likeness (QED) is 0.336. The number of fused-ring (bicyclic) bond motifs is 1. The molecular formula is C30H36F3N7O2. The number of benzene rings is 1. The Morgan fingerprint density at radius 2 is 1.64 bits per heavy atom. The highest BCUT2D eigenvalue weighted by Crippen LogP contribution is 2.40. The van der Waals surface area contributed by atoms with Crippen molar-refractivity contribution in [3.8, 4) is 0 Å². The maximum atomic E-state index is 13.7. The number of nitrogens with one attached hydrogen (secondary N) is 2. The average Bonchev–Trinajstić information content (AvgIpc) is 3.86. The Kier molecular flexibility index (Phi) is 8.98. The molecule has 9 nitrogen and oxygen atoms in total. The molecule has 1 aliphatic carbocycles. The molecular weight excluding hydrogens is 547 g/mol. The number of pyridine rings is 1. The first-order valence-corrected chi connectivity index (χ1v) is 14.4. The highest BCUT2D eigenvalue weighted by atomic mass is 19.4. The van der Waals surface area contributed by atoms with Gasteiger partial charge in [0.1, 0.15) is 11.6 Å². The van der Waals surface area contributed by atoms with E-state index in [2.05, 4.69) is 39.5 Å². The van der Waals surface area contributed by atoms with Crippen molar-refractivity contribution >= 4 is 29.4 Å². The van der Waals surface area contributed by atoms with Crippen molar-refractivity contribution in [1.29, 1.82) is 0 Å². The number of hydrogen-bond donors (Lipinski definition) is 3. The number of halogens is 3. The summed E-state index contributed by atoms with van der Waals surface area (Å²) >= 11 is 0. The number of aromatic nitrogens is 3. The fraction of sp³-hybridized carbons (Fsp3) is 0.467. The van der Waals surface area contributed by atoms with Gasteiger partial charge in [-0.1, -0.05) is 12.1 Å². The largest absolute Gasteiger partial charge is 0.465 e. The molecule has 2 fully saturated rings. The second kappa shape index (κ2) is 12.8. The van der Waals surface area contributed by atoms with E-state index in [9.17, 15) is 18.0 Å². The van der Waals surface area contributed by atoms with Gasteiger partial charge in [0.05, 0.1) is 11.3 Å². The van der Waals surface area contributed by atoms with E-state index in [-0.39, 0.29) is 5.82 Å². The minimum atomic E-state index is -4.46. The van der Waals surface area contributed by atoms with E-state index in [4.69, 9.17) is 15.1 Å². The summed E-state index contributed by atoms with van der Waals surface area (Å²) in [5, 5.41) is 13.1. The zero-order chi connectivity index (χ0) is 29.7. The van der Waals surface area contributed by atoms with Crippen LogP contribution in [0.25, 0.3) is 0 Å². The van der Waals surface area contributed by atoms with E-state index in [1.165, 1.54) is 44.1 Å². The molecule has 1 saturated carbocycles. The molecule has 0 atom stereocenters. The minimum Gasteiger partial charge on any atom is -0.465 e. The number of amides is 1. The predicted molar refractivity (Wildman–Crippen MR) is 156 cm³/mol. The number of carbonyl (C=O) groups is 1. The van der Waals surface area contributed by atoms with Gasteiger partial charge in [-0.3, -0.25) is 0 Å². The van der Waals surface area contributed by atoms with Crippen LogP contribution in [-0.4, -0.2) is 59.4 Å². The lowest BCUT2D eigenvalue weighted by Crippen LogP contribution is -2.31. The van der Waals surface area contributed by atoms with Crippen molar-refractivity contribution in [1.82, 2.24) is 20.3 Å². The Balaban J connectivity index is 0.000000652. The first-order valence-electron chi connectivity index (χ1n) is 14.4. The summed E-state index contributed by atoms with van der Waals surface area (Å²) in [5.74, 6) is 2.13. The van der Waals surface area contributed by atoms with Crippen molar-refractivity contribution in [2.45, 2.75) is 57.0 Å². The third kappa shape index (κ3) is 7.21. The van der Waals surface area contributed by atoms with E-state index in [0.29, 0.717) is 37.8 Å². The van der Waals surface area contributed by atoms with E-state index in [0.717, 1.165) is 54.8 Å². The number of nitrogens with zero attached hydrogens (tertiary/aromatic N) is 5.